The minimum Gasteiger partial charge on any atom is -0.497 e. The average Bonchev–Trinajstić information content (AvgIpc) is 2.76. The molecule has 0 aliphatic rings. The Labute approximate surface area is 168 Å². The Morgan fingerprint density at radius 1 is 0.862 bits per heavy atom. The number of carbonyl (C=O) groups excluding carboxylic acids is 3. The summed E-state index contributed by atoms with van der Waals surface area (Å²) in [6, 6.07) is 10.2. The van der Waals surface area contributed by atoms with E-state index in [-0.39, 0.29) is 19.0 Å². The minimum absolute atomic E-state index is 0.226. The second kappa shape index (κ2) is 10.7. The van der Waals surface area contributed by atoms with Crippen LogP contribution < -0.4 is 14.2 Å². The highest BCUT2D eigenvalue weighted by molar-refractivity contribution is 5.80. The van der Waals surface area contributed by atoms with Crippen molar-refractivity contribution >= 4 is 18.2 Å². The van der Waals surface area contributed by atoms with Crippen LogP contribution in [0.2, 0.25) is 0 Å². The number of hydrogen-bond donors (Lipinski definition) is 0. The zero-order chi connectivity index (χ0) is 21.2. The van der Waals surface area contributed by atoms with E-state index in [0.717, 1.165) is 11.1 Å². The summed E-state index contributed by atoms with van der Waals surface area (Å²) in [6.07, 6.45) is 1.06. The smallest absolute Gasteiger partial charge is 0.343 e. The molecule has 0 amide bonds. The summed E-state index contributed by atoms with van der Waals surface area (Å²) in [4.78, 5) is 34.0. The summed E-state index contributed by atoms with van der Waals surface area (Å²) >= 11 is 0. The third-order valence-electron chi connectivity index (χ3n) is 4.01. The molecule has 2 aromatic carbocycles. The molecule has 0 unspecified atom stereocenters. The minimum atomic E-state index is -0.547. The van der Waals surface area contributed by atoms with E-state index >= 15 is 0 Å². The van der Waals surface area contributed by atoms with Crippen LogP contribution in [0.15, 0.2) is 36.4 Å². The van der Waals surface area contributed by atoms with Gasteiger partial charge in [0.2, 0.25) is 0 Å². The maximum absolute atomic E-state index is 11.4. The molecule has 0 fully saturated rings. The molecule has 0 saturated heterocycles. The fraction of sp³-hybridized carbons (Fsp3) is 0.286. The first-order valence-electron chi connectivity index (χ1n) is 8.65. The summed E-state index contributed by atoms with van der Waals surface area (Å²) < 4.78 is 25.2. The van der Waals surface area contributed by atoms with E-state index in [9.17, 15) is 14.4 Å². The highest BCUT2D eigenvalue weighted by Crippen LogP contribution is 2.28. The molecule has 8 heteroatoms. The van der Waals surface area contributed by atoms with Crippen LogP contribution in [0.4, 0.5) is 0 Å². The van der Waals surface area contributed by atoms with Gasteiger partial charge < -0.3 is 23.7 Å². The van der Waals surface area contributed by atoms with Crippen molar-refractivity contribution in [3.05, 3.63) is 53.1 Å². The van der Waals surface area contributed by atoms with Crippen LogP contribution in [-0.4, -0.2) is 52.8 Å². The summed E-state index contributed by atoms with van der Waals surface area (Å²) in [7, 11) is 4.08. The van der Waals surface area contributed by atoms with Crippen molar-refractivity contribution in [3.63, 3.8) is 0 Å². The molecule has 0 saturated carbocycles. The molecule has 0 spiro atoms. The number of hydrogen-bond acceptors (Lipinski definition) is 8. The van der Waals surface area contributed by atoms with Gasteiger partial charge in [0.05, 0.1) is 26.9 Å². The third kappa shape index (κ3) is 6.24. The van der Waals surface area contributed by atoms with Gasteiger partial charge in [-0.25, -0.2) is 9.59 Å². The van der Waals surface area contributed by atoms with Crippen molar-refractivity contribution in [2.24, 2.45) is 0 Å². The van der Waals surface area contributed by atoms with Gasteiger partial charge in [-0.2, -0.15) is 0 Å². The molecular weight excluding hydrogens is 380 g/mol. The van der Waals surface area contributed by atoms with Gasteiger partial charge in [-0.1, -0.05) is 6.07 Å². The molecule has 0 bridgehead atoms. The summed E-state index contributed by atoms with van der Waals surface area (Å²) in [5.74, 6) is 0.354. The highest BCUT2D eigenvalue weighted by Gasteiger charge is 2.12. The van der Waals surface area contributed by atoms with Crippen molar-refractivity contribution in [1.29, 1.82) is 0 Å². The summed E-state index contributed by atoms with van der Waals surface area (Å²) in [5, 5.41) is 0. The highest BCUT2D eigenvalue weighted by atomic mass is 16.6. The van der Waals surface area contributed by atoms with Crippen LogP contribution in [0.25, 0.3) is 0 Å². The number of methoxy groups -OCH3 is 3. The first kappa shape index (κ1) is 21.7. The van der Waals surface area contributed by atoms with Gasteiger partial charge in [0.15, 0.2) is 19.5 Å². The van der Waals surface area contributed by atoms with Crippen LogP contribution >= 0.6 is 0 Å². The lowest BCUT2D eigenvalue weighted by molar-refractivity contribution is -0.143. The Hall–Kier alpha value is -3.55. The Balaban J connectivity index is 2.24. The largest absolute Gasteiger partial charge is 0.497 e. The Morgan fingerprint density at radius 3 is 2.07 bits per heavy atom. The van der Waals surface area contributed by atoms with Crippen LogP contribution in [0.5, 0.6) is 17.2 Å². The molecule has 29 heavy (non-hydrogen) atoms. The van der Waals surface area contributed by atoms with Crippen molar-refractivity contribution in [1.82, 2.24) is 0 Å². The second-order valence-electron chi connectivity index (χ2n) is 5.87. The SMILES string of the molecule is COC(=O)COc1ccc(Cc2cc(OC)ccc2OCC(=O)OC)cc1C=O. The van der Waals surface area contributed by atoms with E-state index in [1.165, 1.54) is 14.2 Å². The number of ether oxygens (including phenoxy) is 5. The third-order valence-corrected chi connectivity index (χ3v) is 4.01. The van der Waals surface area contributed by atoms with Crippen molar-refractivity contribution in [2.45, 2.75) is 6.42 Å². The number of carbonyl (C=O) groups is 3. The molecule has 154 valence electrons. The average molecular weight is 402 g/mol. The standard InChI is InChI=1S/C21H22O8/c1-25-17-5-7-18(28-12-20(23)26-2)15(10-17)8-14-4-6-19(16(9-14)11-22)29-13-21(24)27-3/h4-7,9-11H,8,12-13H2,1-3H3. The first-order chi connectivity index (χ1) is 14.0. The van der Waals surface area contributed by atoms with E-state index in [1.54, 1.807) is 43.5 Å². The van der Waals surface area contributed by atoms with Crippen molar-refractivity contribution < 1.29 is 38.1 Å². The van der Waals surface area contributed by atoms with Gasteiger partial charge in [-0.3, -0.25) is 4.79 Å². The lowest BCUT2D eigenvalue weighted by Crippen LogP contribution is -2.14. The van der Waals surface area contributed by atoms with Gasteiger partial charge in [0.1, 0.15) is 17.2 Å². The Morgan fingerprint density at radius 2 is 1.48 bits per heavy atom. The zero-order valence-corrected chi connectivity index (χ0v) is 16.4. The molecule has 0 aliphatic carbocycles. The molecule has 0 aliphatic heterocycles. The molecule has 8 nitrogen and oxygen atoms in total. The van der Waals surface area contributed by atoms with Gasteiger partial charge in [0, 0.05) is 12.0 Å². The normalized spacial score (nSPS) is 10.0. The summed E-state index contributed by atoms with van der Waals surface area (Å²) in [5.41, 5.74) is 1.85. The van der Waals surface area contributed by atoms with E-state index in [0.29, 0.717) is 29.8 Å². The van der Waals surface area contributed by atoms with Gasteiger partial charge in [-0.15, -0.1) is 0 Å². The van der Waals surface area contributed by atoms with Crippen LogP contribution in [-0.2, 0) is 25.5 Å². The lowest BCUT2D eigenvalue weighted by atomic mass is 10.0. The predicted molar refractivity (Wildman–Crippen MR) is 103 cm³/mol. The van der Waals surface area contributed by atoms with Gasteiger partial charge in [0.25, 0.3) is 0 Å². The number of aldehydes is 1. The van der Waals surface area contributed by atoms with Crippen molar-refractivity contribution in [3.8, 4) is 17.2 Å². The molecule has 2 aromatic rings. The molecule has 0 atom stereocenters. The summed E-state index contributed by atoms with van der Waals surface area (Å²) in [6.45, 7) is -0.520. The van der Waals surface area contributed by atoms with Gasteiger partial charge in [-0.05, 0) is 35.9 Å². The number of benzene rings is 2. The topological polar surface area (TPSA) is 97.4 Å². The quantitative estimate of drug-likeness (QED) is 0.441. The molecule has 0 N–H and O–H groups in total. The second-order valence-corrected chi connectivity index (χ2v) is 5.87. The molecule has 2 rings (SSSR count). The monoisotopic (exact) mass is 402 g/mol. The number of esters is 2. The molecule has 0 heterocycles. The maximum atomic E-state index is 11.4. The maximum Gasteiger partial charge on any atom is 0.343 e. The molecule has 0 radical (unpaired) electrons. The zero-order valence-electron chi connectivity index (χ0n) is 16.4. The van der Waals surface area contributed by atoms with Crippen LogP contribution in [0, 0.1) is 0 Å². The number of rotatable bonds is 10. The first-order valence-corrected chi connectivity index (χ1v) is 8.65. The van der Waals surface area contributed by atoms with Crippen molar-refractivity contribution in [2.75, 3.05) is 34.5 Å². The Bertz CT molecular complexity index is 875. The predicted octanol–water partition coefficient (Wildman–Crippen LogP) is 2.20. The van der Waals surface area contributed by atoms with E-state index < -0.39 is 11.9 Å². The van der Waals surface area contributed by atoms with Crippen LogP contribution in [0.3, 0.4) is 0 Å². The fourth-order valence-corrected chi connectivity index (χ4v) is 2.50. The lowest BCUT2D eigenvalue weighted by Gasteiger charge is -2.14. The van der Waals surface area contributed by atoms with Crippen LogP contribution in [0.1, 0.15) is 21.5 Å². The van der Waals surface area contributed by atoms with E-state index in [2.05, 4.69) is 9.47 Å². The molecular formula is C21H22O8. The van der Waals surface area contributed by atoms with E-state index in [4.69, 9.17) is 14.2 Å². The Kier molecular flexibility index (Phi) is 8.02. The molecule has 0 aromatic heterocycles. The van der Waals surface area contributed by atoms with E-state index in [1.807, 2.05) is 0 Å². The van der Waals surface area contributed by atoms with Gasteiger partial charge >= 0.3 is 11.9 Å². The fourth-order valence-electron chi connectivity index (χ4n) is 2.50.